The predicted molar refractivity (Wildman–Crippen MR) is 82.8 cm³/mol. The van der Waals surface area contributed by atoms with Crippen molar-refractivity contribution in [3.63, 3.8) is 0 Å². The smallest absolute Gasteiger partial charge is 0.433 e. The third-order valence-corrected chi connectivity index (χ3v) is 4.86. The minimum absolute atomic E-state index is 0. The van der Waals surface area contributed by atoms with Crippen LogP contribution in [-0.2, 0) is 13.2 Å². The van der Waals surface area contributed by atoms with Crippen LogP contribution in [0.25, 0.3) is 0 Å². The summed E-state index contributed by atoms with van der Waals surface area (Å²) in [6, 6.07) is 0.980. The van der Waals surface area contributed by atoms with Crippen LogP contribution in [0.2, 0.25) is 0 Å². The predicted octanol–water partition coefficient (Wildman–Crippen LogP) is 3.36. The third kappa shape index (κ3) is 4.32. The molecule has 3 rings (SSSR count). The first kappa shape index (κ1) is 18.4. The molecule has 0 spiro atoms. The quantitative estimate of drug-likeness (QED) is 0.813. The van der Waals surface area contributed by atoms with Gasteiger partial charge in [0.2, 0.25) is 5.88 Å². The third-order valence-electron chi connectivity index (χ3n) is 4.86. The van der Waals surface area contributed by atoms with Crippen LogP contribution in [0.3, 0.4) is 0 Å². The first-order valence-corrected chi connectivity index (χ1v) is 7.90. The van der Waals surface area contributed by atoms with E-state index in [2.05, 4.69) is 10.00 Å². The van der Waals surface area contributed by atoms with E-state index in [-0.39, 0.29) is 18.3 Å². The molecule has 2 atom stereocenters. The van der Waals surface area contributed by atoms with Gasteiger partial charge in [0.15, 0.2) is 0 Å². The van der Waals surface area contributed by atoms with Crippen LogP contribution in [0.5, 0.6) is 5.88 Å². The van der Waals surface area contributed by atoms with Gasteiger partial charge < -0.3 is 9.64 Å². The Bertz CT molecular complexity index is 515. The molecule has 0 amide bonds. The summed E-state index contributed by atoms with van der Waals surface area (Å²) in [5.74, 6) is 1.13. The molecule has 0 bridgehead atoms. The fourth-order valence-electron chi connectivity index (χ4n) is 3.36. The molecule has 8 heteroatoms. The molecule has 1 aliphatic heterocycles. The SMILES string of the molecule is Cl.Cn1nc(OC[C@@H]2CC[C@H]2CN2CCCC2)cc1C(F)(F)F. The van der Waals surface area contributed by atoms with Gasteiger partial charge in [-0.1, -0.05) is 0 Å². The highest BCUT2D eigenvalue weighted by molar-refractivity contribution is 5.85. The average molecular weight is 354 g/mol. The number of nitrogens with zero attached hydrogens (tertiary/aromatic N) is 3. The van der Waals surface area contributed by atoms with Gasteiger partial charge in [0.25, 0.3) is 0 Å². The minimum atomic E-state index is -4.39. The van der Waals surface area contributed by atoms with Gasteiger partial charge in [-0.05, 0) is 50.6 Å². The van der Waals surface area contributed by atoms with E-state index < -0.39 is 11.9 Å². The van der Waals surface area contributed by atoms with Crippen LogP contribution in [0.4, 0.5) is 13.2 Å². The van der Waals surface area contributed by atoms with Gasteiger partial charge in [0.05, 0.1) is 6.61 Å². The fourth-order valence-corrected chi connectivity index (χ4v) is 3.36. The summed E-state index contributed by atoms with van der Waals surface area (Å²) < 4.78 is 44.5. The molecule has 0 aromatic carbocycles. The molecule has 2 heterocycles. The lowest BCUT2D eigenvalue weighted by Gasteiger charge is -2.38. The second-order valence-electron chi connectivity index (χ2n) is 6.41. The molecular weight excluding hydrogens is 331 g/mol. The molecule has 1 saturated heterocycles. The van der Waals surface area contributed by atoms with Crippen molar-refractivity contribution in [1.29, 1.82) is 0 Å². The van der Waals surface area contributed by atoms with E-state index in [4.69, 9.17) is 4.74 Å². The highest BCUT2D eigenvalue weighted by atomic mass is 35.5. The number of rotatable bonds is 5. The van der Waals surface area contributed by atoms with Crippen molar-refractivity contribution < 1.29 is 17.9 Å². The van der Waals surface area contributed by atoms with E-state index in [0.717, 1.165) is 23.7 Å². The van der Waals surface area contributed by atoms with E-state index in [9.17, 15) is 13.2 Å². The fraction of sp³-hybridized carbons (Fsp3) is 0.800. The normalized spacial score (nSPS) is 25.0. The lowest BCUT2D eigenvalue weighted by atomic mass is 9.74. The number of aryl methyl sites for hydroxylation is 1. The van der Waals surface area contributed by atoms with Crippen LogP contribution < -0.4 is 4.74 Å². The number of hydrogen-bond acceptors (Lipinski definition) is 3. The van der Waals surface area contributed by atoms with Crippen molar-refractivity contribution >= 4 is 12.4 Å². The Morgan fingerprint density at radius 2 is 1.87 bits per heavy atom. The standard InChI is InChI=1S/C15H22F3N3O.ClH/c1-20-13(15(16,17)18)8-14(19-20)22-10-12-5-4-11(12)9-21-6-2-3-7-21;/h8,11-12H,2-7,9-10H2,1H3;1H/t11-,12-;/m0./s1. The Labute approximate surface area is 140 Å². The number of alkyl halides is 3. The molecular formula is C15H23ClF3N3O. The van der Waals surface area contributed by atoms with Crippen LogP contribution in [0.15, 0.2) is 6.07 Å². The molecule has 1 saturated carbocycles. The molecule has 0 radical (unpaired) electrons. The highest BCUT2D eigenvalue weighted by Crippen LogP contribution is 2.36. The van der Waals surface area contributed by atoms with Crippen LogP contribution in [-0.4, -0.2) is 40.9 Å². The molecule has 132 valence electrons. The van der Waals surface area contributed by atoms with Gasteiger partial charge in [0, 0.05) is 19.7 Å². The van der Waals surface area contributed by atoms with E-state index in [1.807, 2.05) is 0 Å². The Hall–Kier alpha value is -0.950. The van der Waals surface area contributed by atoms with Crippen molar-refractivity contribution in [3.8, 4) is 5.88 Å². The number of likely N-dealkylation sites (tertiary alicyclic amines) is 1. The Morgan fingerprint density at radius 1 is 1.22 bits per heavy atom. The molecule has 23 heavy (non-hydrogen) atoms. The second-order valence-corrected chi connectivity index (χ2v) is 6.41. The van der Waals surface area contributed by atoms with E-state index in [1.165, 1.54) is 39.4 Å². The highest BCUT2D eigenvalue weighted by Gasteiger charge is 2.36. The van der Waals surface area contributed by atoms with Crippen molar-refractivity contribution in [3.05, 3.63) is 11.8 Å². The first-order valence-electron chi connectivity index (χ1n) is 7.90. The van der Waals surface area contributed by atoms with Crippen molar-refractivity contribution in [2.45, 2.75) is 31.9 Å². The molecule has 1 aromatic rings. The van der Waals surface area contributed by atoms with Gasteiger partial charge in [-0.2, -0.15) is 13.2 Å². The number of ether oxygens (including phenoxy) is 1. The minimum Gasteiger partial charge on any atom is -0.476 e. The lowest BCUT2D eigenvalue weighted by molar-refractivity contribution is -0.143. The van der Waals surface area contributed by atoms with Crippen molar-refractivity contribution in [2.24, 2.45) is 18.9 Å². The molecule has 1 aliphatic carbocycles. The summed E-state index contributed by atoms with van der Waals surface area (Å²) in [6.07, 6.45) is 0.459. The molecule has 1 aromatic heterocycles. The maximum absolute atomic E-state index is 12.7. The largest absolute Gasteiger partial charge is 0.476 e. The summed E-state index contributed by atoms with van der Waals surface area (Å²) in [5.41, 5.74) is -0.773. The first-order chi connectivity index (χ1) is 10.4. The Kier molecular flexibility index (Phi) is 5.84. The summed E-state index contributed by atoms with van der Waals surface area (Å²) in [4.78, 5) is 2.49. The van der Waals surface area contributed by atoms with E-state index in [0.29, 0.717) is 18.4 Å². The zero-order valence-corrected chi connectivity index (χ0v) is 14.0. The maximum Gasteiger partial charge on any atom is 0.433 e. The average Bonchev–Trinajstić information content (AvgIpc) is 3.03. The zero-order valence-electron chi connectivity index (χ0n) is 13.2. The summed E-state index contributed by atoms with van der Waals surface area (Å²) in [6.45, 7) is 3.93. The van der Waals surface area contributed by atoms with E-state index in [1.54, 1.807) is 0 Å². The van der Waals surface area contributed by atoms with Gasteiger partial charge in [-0.3, -0.25) is 4.68 Å². The van der Waals surface area contributed by atoms with Crippen LogP contribution in [0, 0.1) is 11.8 Å². The van der Waals surface area contributed by atoms with Gasteiger partial charge in [-0.25, -0.2) is 0 Å². The molecule has 0 N–H and O–H groups in total. The Morgan fingerprint density at radius 3 is 2.39 bits per heavy atom. The van der Waals surface area contributed by atoms with E-state index >= 15 is 0 Å². The Balaban J connectivity index is 0.00000192. The van der Waals surface area contributed by atoms with Gasteiger partial charge in [0.1, 0.15) is 5.69 Å². The second kappa shape index (κ2) is 7.30. The summed E-state index contributed by atoms with van der Waals surface area (Å²) in [7, 11) is 1.29. The molecule has 2 aliphatic rings. The lowest BCUT2D eigenvalue weighted by Crippen LogP contribution is -2.39. The van der Waals surface area contributed by atoms with Crippen LogP contribution >= 0.6 is 12.4 Å². The van der Waals surface area contributed by atoms with Crippen LogP contribution in [0.1, 0.15) is 31.4 Å². The van der Waals surface area contributed by atoms with Gasteiger partial charge in [-0.15, -0.1) is 17.5 Å². The number of halogens is 4. The summed E-state index contributed by atoms with van der Waals surface area (Å²) in [5, 5.41) is 3.80. The summed E-state index contributed by atoms with van der Waals surface area (Å²) >= 11 is 0. The molecule has 4 nitrogen and oxygen atoms in total. The number of aromatic nitrogens is 2. The zero-order chi connectivity index (χ0) is 15.7. The number of hydrogen-bond donors (Lipinski definition) is 0. The monoisotopic (exact) mass is 353 g/mol. The molecule has 0 unspecified atom stereocenters. The van der Waals surface area contributed by atoms with Crippen molar-refractivity contribution in [2.75, 3.05) is 26.2 Å². The van der Waals surface area contributed by atoms with Crippen molar-refractivity contribution in [1.82, 2.24) is 14.7 Å². The topological polar surface area (TPSA) is 30.3 Å². The molecule has 2 fully saturated rings. The van der Waals surface area contributed by atoms with Gasteiger partial charge >= 0.3 is 6.18 Å². The maximum atomic E-state index is 12.7.